The van der Waals surface area contributed by atoms with Gasteiger partial charge in [-0.2, -0.15) is 0 Å². The van der Waals surface area contributed by atoms with Crippen molar-refractivity contribution in [1.82, 2.24) is 0 Å². The Labute approximate surface area is 338 Å². The number of ether oxygens (including phenoxy) is 1. The summed E-state index contributed by atoms with van der Waals surface area (Å²) in [5, 5.41) is 12.1. The van der Waals surface area contributed by atoms with Gasteiger partial charge in [0.15, 0.2) is 22.1 Å². The fraction of sp³-hybridized carbons (Fsp3) is 0.844. The largest absolute Gasteiger partial charge is 0.465 e. The van der Waals surface area contributed by atoms with E-state index in [0.717, 1.165) is 24.6 Å². The van der Waals surface area contributed by atoms with E-state index in [4.69, 9.17) is 18.0 Å². The van der Waals surface area contributed by atoms with Gasteiger partial charge in [-0.1, -0.05) is 117 Å². The Morgan fingerprint density at radius 3 is 1.73 bits per heavy atom. The van der Waals surface area contributed by atoms with Crippen LogP contribution >= 0.6 is 0 Å². The summed E-state index contributed by atoms with van der Waals surface area (Å²) in [7, 11) is -4.49. The van der Waals surface area contributed by atoms with E-state index in [1.807, 2.05) is 62.3 Å². The zero-order valence-corrected chi connectivity index (χ0v) is 40.9. The lowest BCUT2D eigenvalue weighted by atomic mass is 9.75. The Morgan fingerprint density at radius 2 is 1.29 bits per heavy atom. The Morgan fingerprint density at radius 1 is 0.764 bits per heavy atom. The number of hydrogen-bond acceptors (Lipinski definition) is 8. The summed E-state index contributed by atoms with van der Waals surface area (Å²) in [6.07, 6.45) is -0.994. The molecule has 10 atom stereocenters. The van der Waals surface area contributed by atoms with Crippen LogP contribution < -0.4 is 5.43 Å². The van der Waals surface area contributed by atoms with E-state index in [1.165, 1.54) is 0 Å². The van der Waals surface area contributed by atoms with Crippen molar-refractivity contribution in [2.75, 3.05) is 0 Å². The second-order valence-corrected chi connectivity index (χ2v) is 28.4. The molecule has 1 N–H and O–H groups in total. The normalized spacial score (nSPS) is 18.5. The average molecular weight is 809 g/mol. The molecule has 8 nitrogen and oxygen atoms in total. The number of aliphatic hydroxyl groups excluding tert-OH is 1. The predicted molar refractivity (Wildman–Crippen MR) is 233 cm³/mol. The Kier molecular flexibility index (Phi) is 20.0. The average Bonchev–Trinajstić information content (AvgIpc) is 3.12. The third kappa shape index (κ3) is 12.7. The number of aryl methyl sites for hydroxylation is 1. The molecule has 0 amide bonds. The van der Waals surface area contributed by atoms with E-state index in [2.05, 4.69) is 68.5 Å². The Hall–Kier alpha value is -1.60. The molecule has 0 radical (unpaired) electrons. The lowest BCUT2D eigenvalue weighted by Gasteiger charge is -2.45. The van der Waals surface area contributed by atoms with Crippen LogP contribution in [0.15, 0.2) is 9.21 Å². The highest BCUT2D eigenvalue weighted by Crippen LogP contribution is 2.43. The van der Waals surface area contributed by atoms with Crippen molar-refractivity contribution in [2.45, 2.75) is 210 Å². The quantitative estimate of drug-likeness (QED) is 0.0859. The number of ketones is 1. The van der Waals surface area contributed by atoms with Crippen molar-refractivity contribution < 1.29 is 32.7 Å². The second kappa shape index (κ2) is 21.4. The number of rotatable bonds is 23. The van der Waals surface area contributed by atoms with Gasteiger partial charge in [-0.15, -0.1) is 0 Å². The fourth-order valence-corrected chi connectivity index (χ4v) is 12.4. The van der Waals surface area contributed by atoms with Crippen LogP contribution in [-0.2, 0) is 29.6 Å². The number of carbonyl (C=O) groups excluding carboxylic acids is 2. The molecule has 1 rings (SSSR count). The maximum absolute atomic E-state index is 14.5. The molecule has 0 aromatic carbocycles. The smallest absolute Gasteiger partial charge is 0.306 e. The molecule has 320 valence electrons. The molecule has 0 fully saturated rings. The van der Waals surface area contributed by atoms with Crippen LogP contribution in [0.2, 0.25) is 36.3 Å². The van der Waals surface area contributed by atoms with E-state index >= 15 is 0 Å². The van der Waals surface area contributed by atoms with Gasteiger partial charge in [0.05, 0.1) is 18.3 Å². The van der Waals surface area contributed by atoms with E-state index in [0.29, 0.717) is 29.1 Å². The van der Waals surface area contributed by atoms with Gasteiger partial charge in [-0.25, -0.2) is 0 Å². The van der Waals surface area contributed by atoms with Crippen LogP contribution in [0.3, 0.4) is 0 Å². The highest BCUT2D eigenvalue weighted by atomic mass is 28.4. The molecule has 0 aliphatic rings. The number of aliphatic hydroxyl groups is 1. The first-order valence-electron chi connectivity index (χ1n) is 21.6. The molecule has 10 heteroatoms. The van der Waals surface area contributed by atoms with Gasteiger partial charge in [0.1, 0.15) is 23.4 Å². The fourth-order valence-electron chi connectivity index (χ4n) is 7.95. The number of Topliss-reactive ketones (excluding diaryl/α,β-unsaturated/α-hetero) is 1. The highest BCUT2D eigenvalue weighted by molar-refractivity contribution is 6.74. The maximum Gasteiger partial charge on any atom is 0.306 e. The Bertz CT molecular complexity index is 1420. The van der Waals surface area contributed by atoms with Gasteiger partial charge in [0, 0.05) is 53.6 Å². The van der Waals surface area contributed by atoms with Gasteiger partial charge in [0.25, 0.3) is 0 Å². The molecule has 1 aromatic heterocycles. The van der Waals surface area contributed by atoms with E-state index < -0.39 is 58.6 Å². The molecule has 0 saturated carbocycles. The summed E-state index contributed by atoms with van der Waals surface area (Å²) in [6.45, 7) is 41.1. The standard InChI is InChI=1S/C45H84O8Si2/c1-21-28(8)41(53-55(23-3,24-4)25-5)31(11)39(48)30(10)40(49)33(13)43(51-37(46)26-27(6)7)35(15)44(52-54(19,20)45(16,17)18)34(14)42-32(12)38(47)29(9)36(22-2)50-42/h27-28,30-31,33-35,40-41,43-44,49H,21-26H2,1-20H3/t28-,30?,31?,33-,34+,35+,40?,41?,43-,44+/m0/s1. The Balaban J connectivity index is 3.87. The first-order valence-corrected chi connectivity index (χ1v) is 27.1. The van der Waals surface area contributed by atoms with Crippen molar-refractivity contribution in [1.29, 1.82) is 0 Å². The van der Waals surface area contributed by atoms with E-state index in [9.17, 15) is 19.5 Å². The third-order valence-electron chi connectivity index (χ3n) is 13.5. The number of carbonyl (C=O) groups is 2. The lowest BCUT2D eigenvalue weighted by Crippen LogP contribution is -2.52. The van der Waals surface area contributed by atoms with Gasteiger partial charge >= 0.3 is 5.97 Å². The molecule has 1 heterocycles. The van der Waals surface area contributed by atoms with Gasteiger partial charge in [-0.3, -0.25) is 14.4 Å². The topological polar surface area (TPSA) is 112 Å². The minimum absolute atomic E-state index is 0.0368. The molecule has 0 bridgehead atoms. The first-order chi connectivity index (χ1) is 25.2. The molecule has 0 spiro atoms. The zero-order valence-electron chi connectivity index (χ0n) is 38.9. The molecule has 1 aromatic rings. The minimum Gasteiger partial charge on any atom is -0.465 e. The van der Waals surface area contributed by atoms with Crippen LogP contribution in [0, 0.1) is 49.4 Å². The first kappa shape index (κ1) is 51.4. The van der Waals surface area contributed by atoms with Crippen molar-refractivity contribution in [2.24, 2.45) is 35.5 Å². The maximum atomic E-state index is 14.5. The lowest BCUT2D eigenvalue weighted by molar-refractivity contribution is -0.164. The van der Waals surface area contributed by atoms with Crippen LogP contribution in [0.1, 0.15) is 152 Å². The van der Waals surface area contributed by atoms with Crippen LogP contribution in [-0.4, -0.2) is 57.9 Å². The molecule has 4 unspecified atom stereocenters. The third-order valence-corrected chi connectivity index (χ3v) is 22.6. The van der Waals surface area contributed by atoms with Gasteiger partial charge in [0.2, 0.25) is 0 Å². The molecular formula is C45H84O8Si2. The molecule has 0 aliphatic heterocycles. The van der Waals surface area contributed by atoms with Crippen LogP contribution in [0.25, 0.3) is 0 Å². The summed E-state index contributed by atoms with van der Waals surface area (Å²) >= 11 is 0. The minimum atomic E-state index is -2.46. The zero-order chi connectivity index (χ0) is 43.0. The monoisotopic (exact) mass is 809 g/mol. The molecule has 0 aliphatic carbocycles. The van der Waals surface area contributed by atoms with Crippen molar-refractivity contribution in [3.8, 4) is 0 Å². The summed E-state index contributed by atoms with van der Waals surface area (Å²) in [5.74, 6) is -1.52. The summed E-state index contributed by atoms with van der Waals surface area (Å²) < 4.78 is 27.2. The SMILES string of the molecule is CCc1oc([C@@H](C)[C@@H](O[Si](C)(C)C(C)(C)C)[C@H](C)[C@@H](OC(=O)CC(C)C)[C@@H](C)C(O)C(C)C(=O)C(C)C(O[Si](CC)(CC)CC)[C@@H](C)CC)c(C)c(=O)c1C. The van der Waals surface area contributed by atoms with E-state index in [-0.39, 0.29) is 52.5 Å². The van der Waals surface area contributed by atoms with Crippen molar-refractivity contribution in [3.05, 3.63) is 32.9 Å². The molecule has 55 heavy (non-hydrogen) atoms. The molecular weight excluding hydrogens is 725 g/mol. The van der Waals surface area contributed by atoms with Crippen molar-refractivity contribution >= 4 is 28.4 Å². The number of hydrogen-bond donors (Lipinski definition) is 1. The summed E-state index contributed by atoms with van der Waals surface area (Å²) in [6, 6.07) is 2.98. The van der Waals surface area contributed by atoms with Gasteiger partial charge in [-0.05, 0) is 61.9 Å². The predicted octanol–water partition coefficient (Wildman–Crippen LogP) is 11.2. The van der Waals surface area contributed by atoms with Crippen LogP contribution in [0.4, 0.5) is 0 Å². The highest BCUT2D eigenvalue weighted by Gasteiger charge is 2.48. The number of esters is 1. The summed E-state index contributed by atoms with van der Waals surface area (Å²) in [4.78, 5) is 41.5. The van der Waals surface area contributed by atoms with Crippen LogP contribution in [0.5, 0.6) is 0 Å². The van der Waals surface area contributed by atoms with Crippen molar-refractivity contribution in [3.63, 3.8) is 0 Å². The summed E-state index contributed by atoms with van der Waals surface area (Å²) in [5.41, 5.74) is 1.13. The van der Waals surface area contributed by atoms with Gasteiger partial charge < -0.3 is 23.1 Å². The second-order valence-electron chi connectivity index (χ2n) is 18.9. The van der Waals surface area contributed by atoms with E-state index in [1.54, 1.807) is 6.92 Å². The molecule has 0 saturated heterocycles.